The Kier molecular flexibility index (Phi) is 4.87. The monoisotopic (exact) mass is 293 g/mol. The minimum atomic E-state index is -0.783. The smallest absolute Gasteiger partial charge is 0.308 e. The van der Waals surface area contributed by atoms with E-state index in [-0.39, 0.29) is 6.42 Å². The third-order valence-corrected chi connectivity index (χ3v) is 4.48. The Morgan fingerprint density at radius 2 is 2.00 bits per heavy atom. The Bertz CT molecular complexity index is 566. The summed E-state index contributed by atoms with van der Waals surface area (Å²) in [5.41, 5.74) is 1.11. The van der Waals surface area contributed by atoms with Gasteiger partial charge in [0.05, 0.1) is 6.42 Å². The molecule has 2 rings (SSSR count). The first kappa shape index (κ1) is 14.0. The summed E-state index contributed by atoms with van der Waals surface area (Å²) in [6.45, 7) is 0.724. The van der Waals surface area contributed by atoms with Crippen LogP contribution in [0.25, 0.3) is 0 Å². The molecule has 0 saturated carbocycles. The molecule has 0 aliphatic carbocycles. The van der Waals surface area contributed by atoms with Gasteiger partial charge in [0.15, 0.2) is 0 Å². The highest BCUT2D eigenvalue weighted by atomic mass is 32.2. The van der Waals surface area contributed by atoms with Crippen LogP contribution in [0.2, 0.25) is 0 Å². The summed E-state index contributed by atoms with van der Waals surface area (Å²) in [6, 6.07) is 12.0. The number of benzene rings is 1. The van der Waals surface area contributed by atoms with Crippen LogP contribution in [-0.2, 0) is 17.8 Å². The van der Waals surface area contributed by atoms with Gasteiger partial charge >= 0.3 is 5.97 Å². The van der Waals surface area contributed by atoms with Crippen molar-refractivity contribution in [1.29, 1.82) is 0 Å². The zero-order valence-corrected chi connectivity index (χ0v) is 12.2. The molecule has 100 valence electrons. The second-order valence-electron chi connectivity index (χ2n) is 3.99. The number of anilines is 1. The van der Waals surface area contributed by atoms with Crippen molar-refractivity contribution in [3.05, 3.63) is 46.2 Å². The molecule has 5 heteroatoms. The molecule has 1 aromatic carbocycles. The van der Waals surface area contributed by atoms with E-state index in [0.29, 0.717) is 0 Å². The molecule has 3 nitrogen and oxygen atoms in total. The molecular weight excluding hydrogens is 278 g/mol. The first-order valence-electron chi connectivity index (χ1n) is 5.85. The fourth-order valence-electron chi connectivity index (χ4n) is 1.73. The lowest BCUT2D eigenvalue weighted by molar-refractivity contribution is -0.136. The quantitative estimate of drug-likeness (QED) is 0.797. The van der Waals surface area contributed by atoms with Gasteiger partial charge in [0.25, 0.3) is 0 Å². The molecule has 0 radical (unpaired) electrons. The molecule has 0 atom stereocenters. The number of para-hydroxylation sites is 1. The van der Waals surface area contributed by atoms with Gasteiger partial charge in [-0.25, -0.2) is 0 Å². The van der Waals surface area contributed by atoms with E-state index >= 15 is 0 Å². The lowest BCUT2D eigenvalue weighted by atomic mass is 10.3. The van der Waals surface area contributed by atoms with E-state index in [9.17, 15) is 4.79 Å². The minimum Gasteiger partial charge on any atom is -0.481 e. The van der Waals surface area contributed by atoms with Gasteiger partial charge in [0.1, 0.15) is 0 Å². The van der Waals surface area contributed by atoms with Crippen molar-refractivity contribution in [1.82, 2.24) is 0 Å². The Morgan fingerprint density at radius 3 is 2.74 bits per heavy atom. The van der Waals surface area contributed by atoms with E-state index in [1.54, 1.807) is 23.1 Å². The van der Waals surface area contributed by atoms with E-state index in [1.807, 2.05) is 24.3 Å². The topological polar surface area (TPSA) is 49.3 Å². The number of carbonyl (C=O) groups is 1. The van der Waals surface area contributed by atoms with Crippen LogP contribution in [0.1, 0.15) is 9.75 Å². The SMILES string of the molecule is CSc1ccccc1NCc1ccc(CC(=O)O)s1. The average Bonchev–Trinajstić information content (AvgIpc) is 2.83. The molecule has 1 aromatic heterocycles. The van der Waals surface area contributed by atoms with Crippen LogP contribution in [0.4, 0.5) is 5.69 Å². The first-order chi connectivity index (χ1) is 9.19. The maximum absolute atomic E-state index is 10.6. The Morgan fingerprint density at radius 1 is 1.26 bits per heavy atom. The van der Waals surface area contributed by atoms with Crippen LogP contribution in [-0.4, -0.2) is 17.3 Å². The largest absolute Gasteiger partial charge is 0.481 e. The highest BCUT2D eigenvalue weighted by molar-refractivity contribution is 7.98. The van der Waals surface area contributed by atoms with Gasteiger partial charge in [-0.2, -0.15) is 0 Å². The summed E-state index contributed by atoms with van der Waals surface area (Å²) in [7, 11) is 0. The van der Waals surface area contributed by atoms with Crippen LogP contribution < -0.4 is 5.32 Å². The summed E-state index contributed by atoms with van der Waals surface area (Å²) in [5, 5.41) is 12.1. The second-order valence-corrected chi connectivity index (χ2v) is 6.09. The number of thioether (sulfide) groups is 1. The van der Waals surface area contributed by atoms with Crippen molar-refractivity contribution in [2.75, 3.05) is 11.6 Å². The Hall–Kier alpha value is -1.46. The van der Waals surface area contributed by atoms with E-state index in [2.05, 4.69) is 23.7 Å². The molecule has 0 amide bonds. The lowest BCUT2D eigenvalue weighted by Crippen LogP contribution is -1.98. The van der Waals surface area contributed by atoms with Crippen molar-refractivity contribution in [2.24, 2.45) is 0 Å². The number of carboxylic acid groups (broad SMARTS) is 1. The fourth-order valence-corrected chi connectivity index (χ4v) is 3.26. The molecule has 0 unspecified atom stereocenters. The molecule has 19 heavy (non-hydrogen) atoms. The zero-order valence-electron chi connectivity index (χ0n) is 10.6. The van der Waals surface area contributed by atoms with E-state index in [0.717, 1.165) is 22.0 Å². The molecule has 0 saturated heterocycles. The van der Waals surface area contributed by atoms with Crippen LogP contribution in [0.3, 0.4) is 0 Å². The summed E-state index contributed by atoms with van der Waals surface area (Å²) >= 11 is 3.25. The minimum absolute atomic E-state index is 0.103. The third-order valence-electron chi connectivity index (χ3n) is 2.60. The van der Waals surface area contributed by atoms with Crippen molar-refractivity contribution in [3.63, 3.8) is 0 Å². The molecule has 0 spiro atoms. The van der Waals surface area contributed by atoms with Gasteiger partial charge < -0.3 is 10.4 Å². The van der Waals surface area contributed by atoms with Crippen LogP contribution >= 0.6 is 23.1 Å². The summed E-state index contributed by atoms with van der Waals surface area (Å²) < 4.78 is 0. The Balaban J connectivity index is 1.98. The maximum atomic E-state index is 10.6. The zero-order chi connectivity index (χ0) is 13.7. The number of hydrogen-bond acceptors (Lipinski definition) is 4. The second kappa shape index (κ2) is 6.63. The molecule has 0 aliphatic heterocycles. The highest BCUT2D eigenvalue weighted by Gasteiger charge is 2.05. The number of nitrogens with one attached hydrogen (secondary N) is 1. The van der Waals surface area contributed by atoms with Crippen LogP contribution in [0.5, 0.6) is 0 Å². The van der Waals surface area contributed by atoms with Crippen LogP contribution in [0, 0.1) is 0 Å². The number of carboxylic acids is 1. The van der Waals surface area contributed by atoms with Gasteiger partial charge in [-0.05, 0) is 30.5 Å². The molecule has 0 bridgehead atoms. The van der Waals surface area contributed by atoms with Crippen molar-refractivity contribution >= 4 is 34.8 Å². The third kappa shape index (κ3) is 4.01. The molecule has 0 aliphatic rings. The van der Waals surface area contributed by atoms with Gasteiger partial charge in [-0.15, -0.1) is 23.1 Å². The van der Waals surface area contributed by atoms with Gasteiger partial charge in [-0.3, -0.25) is 4.79 Å². The van der Waals surface area contributed by atoms with Gasteiger partial charge in [0.2, 0.25) is 0 Å². The highest BCUT2D eigenvalue weighted by Crippen LogP contribution is 2.26. The standard InChI is InChI=1S/C14H15NO2S2/c1-18-13-5-3-2-4-12(13)15-9-11-7-6-10(19-11)8-14(16)17/h2-7,15H,8-9H2,1H3,(H,16,17). The van der Waals surface area contributed by atoms with Crippen molar-refractivity contribution in [3.8, 4) is 0 Å². The van der Waals surface area contributed by atoms with Crippen LogP contribution in [0.15, 0.2) is 41.3 Å². The van der Waals surface area contributed by atoms with Gasteiger partial charge in [0, 0.05) is 26.9 Å². The fraction of sp³-hybridized carbons (Fsp3) is 0.214. The number of rotatable bonds is 6. The maximum Gasteiger partial charge on any atom is 0.308 e. The molecule has 1 heterocycles. The summed E-state index contributed by atoms with van der Waals surface area (Å²) in [6.07, 6.45) is 2.16. The molecular formula is C14H15NO2S2. The van der Waals surface area contributed by atoms with E-state index < -0.39 is 5.97 Å². The predicted molar refractivity (Wildman–Crippen MR) is 81.2 cm³/mol. The molecule has 2 aromatic rings. The van der Waals surface area contributed by atoms with Gasteiger partial charge in [-0.1, -0.05) is 12.1 Å². The van der Waals surface area contributed by atoms with Crippen molar-refractivity contribution < 1.29 is 9.90 Å². The molecule has 2 N–H and O–H groups in total. The predicted octanol–water partition coefficient (Wildman–Crippen LogP) is 3.71. The van der Waals surface area contributed by atoms with E-state index in [4.69, 9.17) is 5.11 Å². The Labute approximate surface area is 120 Å². The van der Waals surface area contributed by atoms with Crippen molar-refractivity contribution in [2.45, 2.75) is 17.9 Å². The lowest BCUT2D eigenvalue weighted by Gasteiger charge is -2.08. The first-order valence-corrected chi connectivity index (χ1v) is 7.89. The average molecular weight is 293 g/mol. The number of hydrogen-bond donors (Lipinski definition) is 2. The van der Waals surface area contributed by atoms with E-state index in [1.165, 1.54) is 4.90 Å². The molecule has 0 fully saturated rings. The number of thiophene rings is 1. The normalized spacial score (nSPS) is 10.4. The number of aliphatic carboxylic acids is 1. The summed E-state index contributed by atoms with van der Waals surface area (Å²) in [5.74, 6) is -0.783. The summed E-state index contributed by atoms with van der Waals surface area (Å²) in [4.78, 5) is 13.9.